The Morgan fingerprint density at radius 3 is 1.26 bits per heavy atom. The van der Waals surface area contributed by atoms with Crippen molar-refractivity contribution < 1.29 is 4.74 Å². The first kappa shape index (κ1) is 22.1. The summed E-state index contributed by atoms with van der Waals surface area (Å²) in [6.45, 7) is 8.59. The summed E-state index contributed by atoms with van der Waals surface area (Å²) in [7, 11) is 0. The molecule has 2 aromatic rings. The van der Waals surface area contributed by atoms with E-state index in [1.807, 2.05) is 0 Å². The largest absolute Gasteiger partial charge is 0.367 e. The molecule has 1 heteroatoms. The van der Waals surface area contributed by atoms with Crippen molar-refractivity contribution in [2.75, 3.05) is 0 Å². The molecule has 4 rings (SSSR count). The van der Waals surface area contributed by atoms with E-state index in [0.29, 0.717) is 0 Å². The molecule has 2 aliphatic rings. The standard InChI is InChI=1S/C30H38O/c1-3-27(25-17-9-5-10-18-25)29(21-13-7-14-22-29)31-30(23-15-8-16-24-30)28(4-2)26-19-11-6-12-20-26/h3-6,9-12,17-20,27-28H,1-2,7-8,13-16,21-24H2. The average molecular weight is 415 g/mol. The Morgan fingerprint density at radius 2 is 0.935 bits per heavy atom. The smallest absolute Gasteiger partial charge is 0.0793 e. The lowest BCUT2D eigenvalue weighted by Crippen LogP contribution is -2.52. The zero-order chi connectivity index (χ0) is 21.6. The van der Waals surface area contributed by atoms with Gasteiger partial charge in [0.15, 0.2) is 0 Å². The summed E-state index contributed by atoms with van der Waals surface area (Å²) in [5.41, 5.74) is 2.30. The van der Waals surface area contributed by atoms with Gasteiger partial charge in [0.1, 0.15) is 0 Å². The predicted octanol–water partition coefficient (Wildman–Crippen LogP) is 8.35. The van der Waals surface area contributed by atoms with Gasteiger partial charge in [0.2, 0.25) is 0 Å². The molecule has 2 unspecified atom stereocenters. The second kappa shape index (κ2) is 10.0. The van der Waals surface area contributed by atoms with Crippen LogP contribution in [0, 0.1) is 0 Å². The quantitative estimate of drug-likeness (QED) is 0.394. The van der Waals surface area contributed by atoms with Crippen molar-refractivity contribution in [2.24, 2.45) is 0 Å². The molecular weight excluding hydrogens is 376 g/mol. The molecular formula is C30H38O. The summed E-state index contributed by atoms with van der Waals surface area (Å²) >= 11 is 0. The average Bonchev–Trinajstić information content (AvgIpc) is 2.82. The van der Waals surface area contributed by atoms with Crippen LogP contribution in [0.1, 0.15) is 87.2 Å². The molecule has 0 saturated heterocycles. The monoisotopic (exact) mass is 414 g/mol. The van der Waals surface area contributed by atoms with Crippen molar-refractivity contribution in [2.45, 2.75) is 87.2 Å². The second-order valence-corrected chi connectivity index (χ2v) is 9.60. The molecule has 2 fully saturated rings. The molecule has 2 aromatic carbocycles. The maximum atomic E-state index is 7.58. The molecule has 1 nitrogen and oxygen atoms in total. The van der Waals surface area contributed by atoms with Gasteiger partial charge in [-0.15, -0.1) is 13.2 Å². The minimum absolute atomic E-state index is 0.186. The van der Waals surface area contributed by atoms with Crippen LogP contribution in [0.2, 0.25) is 0 Å². The zero-order valence-corrected chi connectivity index (χ0v) is 19.0. The summed E-state index contributed by atoms with van der Waals surface area (Å²) in [6, 6.07) is 21.8. The van der Waals surface area contributed by atoms with Gasteiger partial charge in [-0.2, -0.15) is 0 Å². The Hall–Kier alpha value is -2.12. The van der Waals surface area contributed by atoms with Gasteiger partial charge in [0.05, 0.1) is 11.2 Å². The van der Waals surface area contributed by atoms with Gasteiger partial charge < -0.3 is 4.74 Å². The predicted molar refractivity (Wildman–Crippen MR) is 131 cm³/mol. The number of ether oxygens (including phenoxy) is 1. The Morgan fingerprint density at radius 1 is 0.581 bits per heavy atom. The number of hydrogen-bond acceptors (Lipinski definition) is 1. The molecule has 2 saturated carbocycles. The minimum Gasteiger partial charge on any atom is -0.367 e. The highest BCUT2D eigenvalue weighted by Crippen LogP contribution is 2.52. The van der Waals surface area contributed by atoms with Gasteiger partial charge in [-0.25, -0.2) is 0 Å². The van der Waals surface area contributed by atoms with Crippen molar-refractivity contribution in [1.29, 1.82) is 0 Å². The van der Waals surface area contributed by atoms with Crippen LogP contribution in [0.15, 0.2) is 86.0 Å². The van der Waals surface area contributed by atoms with Crippen molar-refractivity contribution in [3.63, 3.8) is 0 Å². The van der Waals surface area contributed by atoms with Crippen LogP contribution in [0.5, 0.6) is 0 Å². The summed E-state index contributed by atoms with van der Waals surface area (Å²) in [4.78, 5) is 0. The molecule has 164 valence electrons. The highest BCUT2D eigenvalue weighted by Gasteiger charge is 2.50. The molecule has 0 N–H and O–H groups in total. The van der Waals surface area contributed by atoms with E-state index in [0.717, 1.165) is 25.7 Å². The Labute approximate surface area is 189 Å². The molecule has 0 aromatic heterocycles. The van der Waals surface area contributed by atoms with Gasteiger partial charge in [0.25, 0.3) is 0 Å². The van der Waals surface area contributed by atoms with Gasteiger partial charge in [-0.05, 0) is 36.8 Å². The Bertz CT molecular complexity index is 754. The number of benzene rings is 2. The normalized spacial score (nSPS) is 22.2. The van der Waals surface area contributed by atoms with E-state index >= 15 is 0 Å². The van der Waals surface area contributed by atoms with Crippen LogP contribution in [0.3, 0.4) is 0 Å². The van der Waals surface area contributed by atoms with Gasteiger partial charge >= 0.3 is 0 Å². The van der Waals surface area contributed by atoms with Gasteiger partial charge in [-0.1, -0.05) is 111 Å². The van der Waals surface area contributed by atoms with Crippen molar-refractivity contribution in [3.8, 4) is 0 Å². The van der Waals surface area contributed by atoms with Crippen LogP contribution in [0.25, 0.3) is 0 Å². The van der Waals surface area contributed by atoms with Crippen LogP contribution in [-0.2, 0) is 4.74 Å². The van der Waals surface area contributed by atoms with Crippen molar-refractivity contribution in [3.05, 3.63) is 97.1 Å². The van der Waals surface area contributed by atoms with Crippen LogP contribution in [0.4, 0.5) is 0 Å². The Balaban J connectivity index is 1.76. The van der Waals surface area contributed by atoms with E-state index < -0.39 is 0 Å². The summed E-state index contributed by atoms with van der Waals surface area (Å²) in [5, 5.41) is 0. The Kier molecular flexibility index (Phi) is 7.13. The molecule has 2 atom stereocenters. The van der Waals surface area contributed by atoms with Crippen molar-refractivity contribution >= 4 is 0 Å². The van der Waals surface area contributed by atoms with Crippen LogP contribution < -0.4 is 0 Å². The van der Waals surface area contributed by atoms with Gasteiger partial charge in [-0.3, -0.25) is 0 Å². The fraction of sp³-hybridized carbons (Fsp3) is 0.467. The molecule has 0 spiro atoms. The SMILES string of the molecule is C=CC(c1ccccc1)C1(OC2(C(C=C)c3ccccc3)CCCCC2)CCCCC1. The lowest BCUT2D eigenvalue weighted by molar-refractivity contribution is -0.196. The van der Waals surface area contributed by atoms with E-state index in [2.05, 4.69) is 86.0 Å². The number of rotatable bonds is 8. The molecule has 0 radical (unpaired) electrons. The van der Waals surface area contributed by atoms with E-state index in [4.69, 9.17) is 4.74 Å². The first-order chi connectivity index (χ1) is 15.2. The van der Waals surface area contributed by atoms with E-state index in [9.17, 15) is 0 Å². The molecule has 0 amide bonds. The third-order valence-electron chi connectivity index (χ3n) is 7.73. The highest BCUT2D eigenvalue weighted by molar-refractivity contribution is 5.31. The second-order valence-electron chi connectivity index (χ2n) is 9.60. The fourth-order valence-electron chi connectivity index (χ4n) is 6.29. The zero-order valence-electron chi connectivity index (χ0n) is 19.0. The summed E-state index contributed by atoms with van der Waals surface area (Å²) < 4.78 is 7.58. The lowest BCUT2D eigenvalue weighted by Gasteiger charge is -2.53. The van der Waals surface area contributed by atoms with Gasteiger partial charge in [0, 0.05) is 11.8 Å². The lowest BCUT2D eigenvalue weighted by atomic mass is 9.68. The topological polar surface area (TPSA) is 9.23 Å². The van der Waals surface area contributed by atoms with E-state index in [1.54, 1.807) is 0 Å². The van der Waals surface area contributed by atoms with Crippen LogP contribution >= 0.6 is 0 Å². The third kappa shape index (κ3) is 4.58. The first-order valence-electron chi connectivity index (χ1n) is 12.3. The maximum Gasteiger partial charge on any atom is 0.0793 e. The van der Waals surface area contributed by atoms with E-state index in [1.165, 1.54) is 49.7 Å². The van der Waals surface area contributed by atoms with Crippen molar-refractivity contribution in [1.82, 2.24) is 0 Å². The summed E-state index contributed by atoms with van der Waals surface area (Å²) in [6.07, 6.45) is 16.3. The molecule has 0 aliphatic heterocycles. The third-order valence-corrected chi connectivity index (χ3v) is 7.73. The molecule has 31 heavy (non-hydrogen) atoms. The maximum absolute atomic E-state index is 7.58. The fourth-order valence-corrected chi connectivity index (χ4v) is 6.29. The first-order valence-corrected chi connectivity index (χ1v) is 12.3. The molecule has 0 bridgehead atoms. The highest BCUT2D eigenvalue weighted by atomic mass is 16.5. The van der Waals surface area contributed by atoms with E-state index in [-0.39, 0.29) is 23.0 Å². The number of hydrogen-bond donors (Lipinski definition) is 0. The minimum atomic E-state index is -0.186. The van der Waals surface area contributed by atoms with Crippen LogP contribution in [-0.4, -0.2) is 11.2 Å². The molecule has 0 heterocycles. The summed E-state index contributed by atoms with van der Waals surface area (Å²) in [5.74, 6) is 0.433. The molecule has 2 aliphatic carbocycles.